The van der Waals surface area contributed by atoms with Crippen molar-refractivity contribution in [1.82, 2.24) is 20.1 Å². The number of urea groups is 1. The molecule has 0 bridgehead atoms. The standard InChI is InChI=1S/C27H43N5O4S2/c1-8-26(3,4)19-13-14-21(20(18-19)27(5,6)9-2)36-16-11-15-28-23(34)30-31-24-29-25(32-38-24)37-17-10-12-22(33)35-7/h13-14,18H,8-12,15-17H2,1-7H3,(H2,28,30,34)(H,29,31,32). The fourth-order valence-corrected chi connectivity index (χ4v) is 4.85. The summed E-state index contributed by atoms with van der Waals surface area (Å²) < 4.78 is 15.0. The number of benzene rings is 1. The minimum Gasteiger partial charge on any atom is -0.493 e. The number of rotatable bonds is 16. The molecular weight excluding hydrogens is 522 g/mol. The van der Waals surface area contributed by atoms with Gasteiger partial charge in [-0.25, -0.2) is 10.2 Å². The quantitative estimate of drug-likeness (QED) is 0.0975. The van der Waals surface area contributed by atoms with E-state index < -0.39 is 0 Å². The topological polar surface area (TPSA) is 114 Å². The number of nitrogens with zero attached hydrogens (tertiary/aromatic N) is 2. The van der Waals surface area contributed by atoms with Gasteiger partial charge in [0.2, 0.25) is 10.3 Å². The number of aromatic nitrogens is 2. The number of nitrogens with one attached hydrogen (secondary N) is 3. The molecule has 1 aromatic carbocycles. The zero-order chi connectivity index (χ0) is 28.2. The van der Waals surface area contributed by atoms with Crippen LogP contribution in [0.5, 0.6) is 5.75 Å². The molecule has 1 aromatic heterocycles. The van der Waals surface area contributed by atoms with Crippen LogP contribution in [0.4, 0.5) is 9.93 Å². The van der Waals surface area contributed by atoms with E-state index in [2.05, 4.69) is 90.0 Å². The van der Waals surface area contributed by atoms with Crippen molar-refractivity contribution in [3.05, 3.63) is 29.3 Å². The van der Waals surface area contributed by atoms with Gasteiger partial charge in [0.1, 0.15) is 5.75 Å². The van der Waals surface area contributed by atoms with Crippen molar-refractivity contribution < 1.29 is 19.1 Å². The van der Waals surface area contributed by atoms with Gasteiger partial charge < -0.3 is 14.8 Å². The third-order valence-electron chi connectivity index (χ3n) is 6.80. The van der Waals surface area contributed by atoms with Crippen LogP contribution in [0.15, 0.2) is 23.4 Å². The number of thioether (sulfide) groups is 1. The van der Waals surface area contributed by atoms with Gasteiger partial charge in [-0.3, -0.25) is 10.2 Å². The summed E-state index contributed by atoms with van der Waals surface area (Å²) in [7, 11) is 1.38. The number of esters is 1. The minimum absolute atomic E-state index is 0.00504. The fraction of sp³-hybridized carbons (Fsp3) is 0.630. The van der Waals surface area contributed by atoms with Crippen LogP contribution in [0.3, 0.4) is 0 Å². The molecule has 0 aliphatic rings. The van der Waals surface area contributed by atoms with Crippen molar-refractivity contribution in [2.45, 2.75) is 89.6 Å². The van der Waals surface area contributed by atoms with E-state index in [1.807, 2.05) is 0 Å². The Labute approximate surface area is 235 Å². The Morgan fingerprint density at radius 3 is 2.50 bits per heavy atom. The number of methoxy groups -OCH3 is 1. The predicted molar refractivity (Wildman–Crippen MR) is 155 cm³/mol. The molecule has 0 fully saturated rings. The summed E-state index contributed by atoms with van der Waals surface area (Å²) in [5.41, 5.74) is 8.01. The first kappa shape index (κ1) is 31.7. The first-order valence-electron chi connectivity index (χ1n) is 13.1. The van der Waals surface area contributed by atoms with E-state index >= 15 is 0 Å². The van der Waals surface area contributed by atoms with Crippen LogP contribution >= 0.6 is 23.3 Å². The van der Waals surface area contributed by atoms with Gasteiger partial charge >= 0.3 is 12.0 Å². The van der Waals surface area contributed by atoms with E-state index in [0.29, 0.717) is 48.5 Å². The molecule has 0 aliphatic heterocycles. The molecule has 38 heavy (non-hydrogen) atoms. The average Bonchev–Trinajstić information content (AvgIpc) is 3.37. The van der Waals surface area contributed by atoms with E-state index in [0.717, 1.165) is 30.1 Å². The number of anilines is 1. The second-order valence-corrected chi connectivity index (χ2v) is 12.1. The third kappa shape index (κ3) is 9.98. The lowest BCUT2D eigenvalue weighted by Gasteiger charge is -2.30. The Bertz CT molecular complexity index is 1040. The molecule has 0 saturated carbocycles. The van der Waals surface area contributed by atoms with Crippen molar-refractivity contribution in [2.75, 3.05) is 31.4 Å². The van der Waals surface area contributed by atoms with Crippen LogP contribution in [0.1, 0.15) is 84.8 Å². The molecule has 0 saturated heterocycles. The van der Waals surface area contributed by atoms with Crippen molar-refractivity contribution in [1.29, 1.82) is 0 Å². The van der Waals surface area contributed by atoms with Gasteiger partial charge in [0.05, 0.1) is 13.7 Å². The maximum atomic E-state index is 12.1. The lowest BCUT2D eigenvalue weighted by Crippen LogP contribution is -2.39. The van der Waals surface area contributed by atoms with E-state index in [9.17, 15) is 9.59 Å². The Hall–Kier alpha value is -2.53. The highest BCUT2D eigenvalue weighted by Crippen LogP contribution is 2.38. The average molecular weight is 566 g/mol. The highest BCUT2D eigenvalue weighted by molar-refractivity contribution is 7.99. The van der Waals surface area contributed by atoms with Crippen LogP contribution in [0, 0.1) is 0 Å². The maximum absolute atomic E-state index is 12.1. The SMILES string of the molecule is CCC(C)(C)c1ccc(OCCCNC(=O)NNc2nc(SCCCC(=O)OC)ns2)c(C(C)(C)CC)c1. The summed E-state index contributed by atoms with van der Waals surface area (Å²) in [6, 6.07) is 6.22. The second kappa shape index (κ2) is 15.2. The normalized spacial score (nSPS) is 11.7. The molecule has 11 heteroatoms. The van der Waals surface area contributed by atoms with Gasteiger partial charge in [-0.15, -0.1) is 0 Å². The third-order valence-corrected chi connectivity index (χ3v) is 8.48. The lowest BCUT2D eigenvalue weighted by atomic mass is 9.76. The second-order valence-electron chi connectivity index (χ2n) is 10.3. The van der Waals surface area contributed by atoms with Gasteiger partial charge in [0.15, 0.2) is 0 Å². The highest BCUT2D eigenvalue weighted by atomic mass is 32.2. The van der Waals surface area contributed by atoms with Crippen molar-refractivity contribution in [3.63, 3.8) is 0 Å². The maximum Gasteiger partial charge on any atom is 0.333 e. The summed E-state index contributed by atoms with van der Waals surface area (Å²) in [4.78, 5) is 27.6. The summed E-state index contributed by atoms with van der Waals surface area (Å²) >= 11 is 2.60. The van der Waals surface area contributed by atoms with Crippen LogP contribution < -0.4 is 20.9 Å². The van der Waals surface area contributed by atoms with Crippen molar-refractivity contribution in [2.24, 2.45) is 0 Å². The number of carbonyl (C=O) groups is 2. The Kier molecular flexibility index (Phi) is 12.6. The molecule has 1 heterocycles. The fourth-order valence-electron chi connectivity index (χ4n) is 3.41. The molecule has 0 atom stereocenters. The number of hydrogen-bond donors (Lipinski definition) is 3. The molecule has 0 spiro atoms. The predicted octanol–water partition coefficient (Wildman–Crippen LogP) is 6.05. The number of carbonyl (C=O) groups excluding carboxylic acids is 2. The van der Waals surface area contributed by atoms with Gasteiger partial charge in [0.25, 0.3) is 0 Å². The van der Waals surface area contributed by atoms with E-state index in [4.69, 9.17) is 4.74 Å². The van der Waals surface area contributed by atoms with E-state index in [1.165, 1.54) is 30.0 Å². The monoisotopic (exact) mass is 565 g/mol. The lowest BCUT2D eigenvalue weighted by molar-refractivity contribution is -0.140. The minimum atomic E-state index is -0.355. The summed E-state index contributed by atoms with van der Waals surface area (Å²) in [6.45, 7) is 14.4. The molecule has 0 unspecified atom stereocenters. The zero-order valence-electron chi connectivity index (χ0n) is 23.7. The number of amides is 2. The van der Waals surface area contributed by atoms with Crippen LogP contribution in [0.25, 0.3) is 0 Å². The first-order valence-corrected chi connectivity index (χ1v) is 14.9. The largest absolute Gasteiger partial charge is 0.493 e. The van der Waals surface area contributed by atoms with Crippen molar-refractivity contribution >= 4 is 40.4 Å². The molecule has 2 aromatic rings. The Morgan fingerprint density at radius 2 is 1.82 bits per heavy atom. The summed E-state index contributed by atoms with van der Waals surface area (Å²) in [6.07, 6.45) is 3.81. The molecule has 2 amide bonds. The van der Waals surface area contributed by atoms with E-state index in [-0.39, 0.29) is 22.8 Å². The first-order chi connectivity index (χ1) is 18.0. The molecular formula is C27H43N5O4S2. The molecule has 3 N–H and O–H groups in total. The Balaban J connectivity index is 1.74. The Morgan fingerprint density at radius 1 is 1.08 bits per heavy atom. The molecule has 2 rings (SSSR count). The molecule has 9 nitrogen and oxygen atoms in total. The van der Waals surface area contributed by atoms with Crippen LogP contribution in [0.2, 0.25) is 0 Å². The van der Waals surface area contributed by atoms with Crippen molar-refractivity contribution in [3.8, 4) is 5.75 Å². The summed E-state index contributed by atoms with van der Waals surface area (Å²) in [5.74, 6) is 1.39. The molecule has 0 radical (unpaired) electrons. The number of hydrogen-bond acceptors (Lipinski definition) is 9. The summed E-state index contributed by atoms with van der Waals surface area (Å²) in [5, 5.41) is 3.89. The van der Waals surface area contributed by atoms with Crippen LogP contribution in [-0.2, 0) is 20.4 Å². The van der Waals surface area contributed by atoms with Gasteiger partial charge in [-0.1, -0.05) is 65.4 Å². The zero-order valence-corrected chi connectivity index (χ0v) is 25.4. The van der Waals surface area contributed by atoms with Gasteiger partial charge in [-0.05, 0) is 48.1 Å². The van der Waals surface area contributed by atoms with Gasteiger partial charge in [0, 0.05) is 35.8 Å². The molecule has 0 aliphatic carbocycles. The van der Waals surface area contributed by atoms with E-state index in [1.54, 1.807) is 0 Å². The smallest absolute Gasteiger partial charge is 0.333 e. The number of ether oxygens (including phenoxy) is 2. The highest BCUT2D eigenvalue weighted by Gasteiger charge is 2.26. The van der Waals surface area contributed by atoms with Crippen LogP contribution in [-0.4, -0.2) is 47.4 Å². The molecule has 212 valence electrons. The number of hydrazine groups is 1. The van der Waals surface area contributed by atoms with Gasteiger partial charge in [-0.2, -0.15) is 9.36 Å².